The van der Waals surface area contributed by atoms with Gasteiger partial charge < -0.3 is 10.2 Å². The molecule has 4 heteroatoms. The maximum atomic E-state index is 5.04. The molecule has 1 heterocycles. The van der Waals surface area contributed by atoms with Gasteiger partial charge in [-0.25, -0.2) is 4.98 Å². The Hall–Kier alpha value is -0.610. The van der Waals surface area contributed by atoms with Crippen molar-refractivity contribution < 1.29 is 0 Å². The third kappa shape index (κ3) is 2.65. The van der Waals surface area contributed by atoms with Crippen LogP contribution in [0.4, 0.5) is 5.13 Å². The number of nitrogens with zero attached hydrogens (tertiary/aromatic N) is 2. The molecule has 104 valence electrons. The van der Waals surface area contributed by atoms with Gasteiger partial charge in [0.1, 0.15) is 0 Å². The summed E-state index contributed by atoms with van der Waals surface area (Å²) in [5, 5.41) is 4.63. The quantitative estimate of drug-likeness (QED) is 0.830. The summed E-state index contributed by atoms with van der Waals surface area (Å²) in [7, 11) is 2.04. The van der Waals surface area contributed by atoms with Crippen LogP contribution in [-0.4, -0.2) is 24.6 Å². The molecule has 1 N–H and O–H groups in total. The molecule has 0 atom stereocenters. The van der Waals surface area contributed by atoms with Crippen molar-refractivity contribution in [3.05, 3.63) is 10.6 Å². The van der Waals surface area contributed by atoms with E-state index in [2.05, 4.69) is 10.2 Å². The van der Waals surface area contributed by atoms with E-state index in [1.807, 2.05) is 18.4 Å². The molecule has 0 bridgehead atoms. The zero-order chi connectivity index (χ0) is 12.8. The van der Waals surface area contributed by atoms with Gasteiger partial charge in [0.25, 0.3) is 0 Å². The monoisotopic (exact) mass is 277 g/mol. The number of rotatable bonds is 7. The predicted octanol–water partition coefficient (Wildman–Crippen LogP) is 3.12. The molecule has 0 amide bonds. The van der Waals surface area contributed by atoms with Crippen molar-refractivity contribution in [3.63, 3.8) is 0 Å². The third-order valence-corrected chi connectivity index (χ3v) is 5.51. The molecule has 0 aromatic carbocycles. The minimum atomic E-state index is 0.773. The number of hydrogen-bond donors (Lipinski definition) is 1. The maximum absolute atomic E-state index is 5.04. The van der Waals surface area contributed by atoms with Crippen LogP contribution >= 0.6 is 11.3 Å². The van der Waals surface area contributed by atoms with Gasteiger partial charge in [-0.1, -0.05) is 0 Å². The van der Waals surface area contributed by atoms with Crippen molar-refractivity contribution in [1.82, 2.24) is 10.3 Å². The highest BCUT2D eigenvalue weighted by Gasteiger charge is 2.37. The van der Waals surface area contributed by atoms with Gasteiger partial charge in [0.15, 0.2) is 5.13 Å². The van der Waals surface area contributed by atoms with Crippen LogP contribution in [0.1, 0.15) is 55.0 Å². The van der Waals surface area contributed by atoms with Crippen LogP contribution in [-0.2, 0) is 6.54 Å². The van der Waals surface area contributed by atoms with E-state index in [1.165, 1.54) is 60.8 Å². The molecule has 0 radical (unpaired) electrons. The number of aromatic nitrogens is 1. The first kappa shape index (κ1) is 12.2. The van der Waals surface area contributed by atoms with Crippen LogP contribution in [0.3, 0.4) is 0 Å². The first-order valence-electron chi connectivity index (χ1n) is 7.76. The standard InChI is InChI=1S/C15H23N3S/c1-16-8-13-14(11-4-5-11)17-15(19-13)18(12-6-7-12)9-10-2-3-10/h10-12,16H,2-9H2,1H3. The topological polar surface area (TPSA) is 28.2 Å². The van der Waals surface area contributed by atoms with Crippen LogP contribution < -0.4 is 10.2 Å². The Kier molecular flexibility index (Phi) is 3.03. The van der Waals surface area contributed by atoms with Gasteiger partial charge in [0, 0.05) is 29.9 Å². The van der Waals surface area contributed by atoms with Crippen LogP contribution in [0, 0.1) is 5.92 Å². The van der Waals surface area contributed by atoms with Crippen LogP contribution in [0.5, 0.6) is 0 Å². The molecule has 3 aliphatic carbocycles. The summed E-state index contributed by atoms with van der Waals surface area (Å²) in [6.45, 7) is 2.26. The Morgan fingerprint density at radius 2 is 2.00 bits per heavy atom. The lowest BCUT2D eigenvalue weighted by Crippen LogP contribution is -2.27. The second-order valence-corrected chi connectivity index (χ2v) is 7.50. The number of hydrogen-bond acceptors (Lipinski definition) is 4. The zero-order valence-corrected chi connectivity index (χ0v) is 12.5. The van der Waals surface area contributed by atoms with Crippen LogP contribution in [0.15, 0.2) is 0 Å². The second-order valence-electron chi connectivity index (χ2n) is 6.44. The summed E-state index contributed by atoms with van der Waals surface area (Å²) in [6, 6.07) is 0.807. The van der Waals surface area contributed by atoms with Crippen molar-refractivity contribution in [3.8, 4) is 0 Å². The molecule has 1 aromatic heterocycles. The molecule has 1 aromatic rings. The van der Waals surface area contributed by atoms with Gasteiger partial charge in [0.05, 0.1) is 5.69 Å². The Balaban J connectivity index is 1.58. The lowest BCUT2D eigenvalue weighted by Gasteiger charge is -2.21. The molecule has 3 aliphatic rings. The summed E-state index contributed by atoms with van der Waals surface area (Å²) >= 11 is 1.95. The van der Waals surface area contributed by atoms with Gasteiger partial charge >= 0.3 is 0 Å². The molecule has 0 saturated heterocycles. The van der Waals surface area contributed by atoms with Crippen LogP contribution in [0.2, 0.25) is 0 Å². The van der Waals surface area contributed by atoms with E-state index in [0.717, 1.165) is 24.4 Å². The van der Waals surface area contributed by atoms with Crippen LogP contribution in [0.25, 0.3) is 0 Å². The molecule has 0 aliphatic heterocycles. The van der Waals surface area contributed by atoms with Gasteiger partial charge in [-0.05, 0) is 51.5 Å². The smallest absolute Gasteiger partial charge is 0.186 e. The second kappa shape index (κ2) is 4.74. The van der Waals surface area contributed by atoms with Crippen molar-refractivity contribution in [2.24, 2.45) is 5.92 Å². The van der Waals surface area contributed by atoms with E-state index < -0.39 is 0 Å². The molecular formula is C15H23N3S. The normalized spacial score (nSPS) is 22.8. The molecule has 3 saturated carbocycles. The Morgan fingerprint density at radius 1 is 1.21 bits per heavy atom. The van der Waals surface area contributed by atoms with Crippen molar-refractivity contribution >= 4 is 16.5 Å². The van der Waals surface area contributed by atoms with E-state index >= 15 is 0 Å². The van der Waals surface area contributed by atoms with Gasteiger partial charge in [-0.2, -0.15) is 0 Å². The number of anilines is 1. The molecule has 3 nitrogen and oxygen atoms in total. The molecule has 3 fully saturated rings. The fourth-order valence-electron chi connectivity index (χ4n) is 2.78. The van der Waals surface area contributed by atoms with E-state index in [0.29, 0.717) is 0 Å². The lowest BCUT2D eigenvalue weighted by atomic mass is 10.2. The number of thiazole rings is 1. The maximum Gasteiger partial charge on any atom is 0.186 e. The summed E-state index contributed by atoms with van der Waals surface area (Å²) in [5.41, 5.74) is 1.41. The Morgan fingerprint density at radius 3 is 2.58 bits per heavy atom. The first-order valence-corrected chi connectivity index (χ1v) is 8.57. The molecule has 0 unspecified atom stereocenters. The average Bonchev–Trinajstić information content (AvgIpc) is 3.23. The largest absolute Gasteiger partial charge is 0.345 e. The minimum Gasteiger partial charge on any atom is -0.345 e. The Labute approximate surface area is 119 Å². The van der Waals surface area contributed by atoms with E-state index in [-0.39, 0.29) is 0 Å². The Bertz CT molecular complexity index is 458. The minimum absolute atomic E-state index is 0.773. The summed E-state index contributed by atoms with van der Waals surface area (Å²) in [6.07, 6.45) is 8.34. The molecular weight excluding hydrogens is 254 g/mol. The number of nitrogens with one attached hydrogen (secondary N) is 1. The average molecular weight is 277 g/mol. The summed E-state index contributed by atoms with van der Waals surface area (Å²) in [4.78, 5) is 9.16. The van der Waals surface area contributed by atoms with Gasteiger partial charge in [-0.3, -0.25) is 0 Å². The first-order chi connectivity index (χ1) is 9.35. The van der Waals surface area contributed by atoms with Crippen molar-refractivity contribution in [1.29, 1.82) is 0 Å². The fraction of sp³-hybridized carbons (Fsp3) is 0.800. The van der Waals surface area contributed by atoms with E-state index in [9.17, 15) is 0 Å². The molecule has 0 spiro atoms. The molecule has 4 rings (SSSR count). The fourth-order valence-corrected chi connectivity index (χ4v) is 4.02. The summed E-state index contributed by atoms with van der Waals surface area (Å²) in [5.74, 6) is 1.73. The highest BCUT2D eigenvalue weighted by atomic mass is 32.1. The SMILES string of the molecule is CNCc1sc(N(CC2CC2)C2CC2)nc1C1CC1. The highest BCUT2D eigenvalue weighted by molar-refractivity contribution is 7.15. The van der Waals surface area contributed by atoms with Gasteiger partial charge in [0.2, 0.25) is 0 Å². The van der Waals surface area contributed by atoms with Crippen molar-refractivity contribution in [2.45, 2.75) is 57.0 Å². The third-order valence-electron chi connectivity index (χ3n) is 4.40. The van der Waals surface area contributed by atoms with Gasteiger partial charge in [-0.15, -0.1) is 11.3 Å². The zero-order valence-electron chi connectivity index (χ0n) is 11.7. The summed E-state index contributed by atoms with van der Waals surface area (Å²) < 4.78 is 0. The van der Waals surface area contributed by atoms with E-state index in [1.54, 1.807) is 0 Å². The van der Waals surface area contributed by atoms with Crippen molar-refractivity contribution in [2.75, 3.05) is 18.5 Å². The van der Waals surface area contributed by atoms with E-state index in [4.69, 9.17) is 4.98 Å². The highest BCUT2D eigenvalue weighted by Crippen LogP contribution is 2.46. The lowest BCUT2D eigenvalue weighted by molar-refractivity contribution is 0.714. The molecule has 19 heavy (non-hydrogen) atoms. The predicted molar refractivity (Wildman–Crippen MR) is 79.9 cm³/mol.